The normalized spacial score (nSPS) is 19.8. The maximum absolute atomic E-state index is 17.5. The summed E-state index contributed by atoms with van der Waals surface area (Å²) in [5.41, 5.74) is 1.58. The molecule has 4 aliphatic heterocycles. The fraction of sp³-hybridized carbons (Fsp3) is 0.452. The highest BCUT2D eigenvalue weighted by Crippen LogP contribution is 2.48. The molecule has 0 radical (unpaired) electrons. The summed E-state index contributed by atoms with van der Waals surface area (Å²) < 4.78 is 87.1. The molecular formula is C62H67F5N12O6. The molecule has 3 unspecified atom stereocenters. The number of alkyl halides is 3. The lowest BCUT2D eigenvalue weighted by molar-refractivity contribution is -0.149. The highest BCUT2D eigenvalue weighted by molar-refractivity contribution is 6.04. The monoisotopic (exact) mass is 1170 g/mol. The Bertz CT molecular complexity index is 3730. The van der Waals surface area contributed by atoms with E-state index in [0.29, 0.717) is 54.7 Å². The molecule has 5 N–H and O–H groups in total. The molecule has 3 aromatic heterocycles. The van der Waals surface area contributed by atoms with E-state index in [4.69, 9.17) is 25.9 Å². The number of phenolic OH excluding ortho intramolecular Hbond substituents is 3. The van der Waals surface area contributed by atoms with Crippen molar-refractivity contribution in [1.29, 1.82) is 0 Å². The van der Waals surface area contributed by atoms with Crippen LogP contribution in [0.2, 0.25) is 0 Å². The third-order valence-electron chi connectivity index (χ3n) is 17.7. The largest absolute Gasteiger partial charge is 0.508 e. The van der Waals surface area contributed by atoms with Crippen LogP contribution in [-0.4, -0.2) is 169 Å². The van der Waals surface area contributed by atoms with Crippen molar-refractivity contribution in [3.05, 3.63) is 94.8 Å². The van der Waals surface area contributed by atoms with Crippen LogP contribution in [0.15, 0.2) is 60.7 Å². The van der Waals surface area contributed by atoms with Crippen LogP contribution < -0.4 is 25.0 Å². The molecule has 85 heavy (non-hydrogen) atoms. The molecule has 5 fully saturated rings. The Balaban J connectivity index is 0.696. The molecule has 1 amide bonds. The number of phenols is 3. The molecule has 1 aliphatic carbocycles. The lowest BCUT2D eigenvalue weighted by Gasteiger charge is -2.43. The Morgan fingerprint density at radius 3 is 2.22 bits per heavy atom. The number of piperazine rings is 2. The number of hydrogen-bond donors (Lipinski definition) is 5. The number of piperidine rings is 1. The number of carbonyl (C=O) groups excluding carboxylic acids is 1. The molecule has 23 heteroatoms. The Morgan fingerprint density at radius 1 is 0.847 bits per heavy atom. The van der Waals surface area contributed by atoms with Crippen molar-refractivity contribution in [3.63, 3.8) is 0 Å². The summed E-state index contributed by atoms with van der Waals surface area (Å²) in [4.78, 5) is 37.4. The van der Waals surface area contributed by atoms with Crippen LogP contribution in [-0.2, 0) is 6.54 Å². The number of amides is 1. The summed E-state index contributed by atoms with van der Waals surface area (Å²) in [5, 5.41) is 47.0. The highest BCUT2D eigenvalue weighted by Gasteiger charge is 2.46. The molecular weight excluding hydrogens is 1100 g/mol. The third kappa shape index (κ3) is 11.4. The summed E-state index contributed by atoms with van der Waals surface area (Å²) in [5.74, 6) is -0.887. The van der Waals surface area contributed by atoms with Crippen LogP contribution in [0.4, 0.5) is 27.8 Å². The van der Waals surface area contributed by atoms with Crippen LogP contribution in [0.3, 0.4) is 0 Å². The van der Waals surface area contributed by atoms with E-state index in [9.17, 15) is 33.3 Å². The van der Waals surface area contributed by atoms with Gasteiger partial charge < -0.3 is 45.2 Å². The van der Waals surface area contributed by atoms with Crippen molar-refractivity contribution in [3.8, 4) is 69.8 Å². The lowest BCUT2D eigenvalue weighted by Crippen LogP contribution is -2.54. The minimum absolute atomic E-state index is 0.0125. The quantitative estimate of drug-likeness (QED) is 0.0454. The number of ether oxygens (including phenoxy) is 2. The number of halogens is 5. The van der Waals surface area contributed by atoms with E-state index in [-0.39, 0.29) is 97.1 Å². The maximum Gasteiger partial charge on any atom is 0.408 e. The van der Waals surface area contributed by atoms with Crippen LogP contribution in [0.1, 0.15) is 92.5 Å². The zero-order valence-corrected chi connectivity index (χ0v) is 47.7. The first-order chi connectivity index (χ1) is 40.8. The van der Waals surface area contributed by atoms with Crippen LogP contribution in [0, 0.1) is 29.4 Å². The topological polar surface area (TPSA) is 203 Å². The molecule has 18 nitrogen and oxygen atoms in total. The molecule has 0 spiro atoms. The third-order valence-corrected chi connectivity index (χ3v) is 17.7. The number of hydrogen-bond acceptors (Lipinski definition) is 16. The van der Waals surface area contributed by atoms with Gasteiger partial charge in [0.05, 0.1) is 24.8 Å². The van der Waals surface area contributed by atoms with Gasteiger partial charge in [0, 0.05) is 98.6 Å². The Labute approximate surface area is 488 Å². The number of benzene rings is 4. The van der Waals surface area contributed by atoms with Gasteiger partial charge in [0.2, 0.25) is 11.7 Å². The minimum atomic E-state index is -4.70. The van der Waals surface area contributed by atoms with Gasteiger partial charge in [0.25, 0.3) is 5.91 Å². The number of methoxy groups -OCH3 is 1. The first kappa shape index (κ1) is 57.5. The summed E-state index contributed by atoms with van der Waals surface area (Å²) in [7, 11) is 1.44. The number of nitrogens with zero attached hydrogens (tertiary/aromatic N) is 10. The van der Waals surface area contributed by atoms with Gasteiger partial charge in [-0.25, -0.2) is 13.8 Å². The maximum atomic E-state index is 17.5. The molecule has 446 valence electrons. The standard InChI is InChI=1S/C62H67F5N12O6/c1-6-43-47(63)14-9-37-25-42(80)26-46(50(37)43)53-52(64)54-51(59(70-53)84-5)56(78-30-38-10-11-39(31-78)69-38)72-60(71-54)85-33-61(17-18-61)32-76-21-23-77(24-22-76)40-15-19-75(20-16-40)29-36-7-12-41(13-8-36)79-55(45-27-44(34(2)3)48(81)28-49(45)82)73-74-57(79)58(83)68-35(4)62(65,66)67/h1,7-9,12-14,25-28,34-35,38-40,69,80-82H,10-11,15-24,29-33H2,2-5H3,(H,68,83). The summed E-state index contributed by atoms with van der Waals surface area (Å²) in [6.45, 7) is 13.0. The predicted molar refractivity (Wildman–Crippen MR) is 309 cm³/mol. The summed E-state index contributed by atoms with van der Waals surface area (Å²) in [6.07, 6.45) is 7.01. The molecule has 4 aromatic carbocycles. The number of aromatic nitrogens is 6. The van der Waals surface area contributed by atoms with E-state index in [2.05, 4.69) is 46.0 Å². The second-order valence-electron chi connectivity index (χ2n) is 23.8. The summed E-state index contributed by atoms with van der Waals surface area (Å²) >= 11 is 0. The van der Waals surface area contributed by atoms with Gasteiger partial charge in [-0.3, -0.25) is 19.2 Å². The highest BCUT2D eigenvalue weighted by atomic mass is 19.4. The van der Waals surface area contributed by atoms with Crippen LogP contribution >= 0.6 is 0 Å². The van der Waals surface area contributed by atoms with Gasteiger partial charge >= 0.3 is 12.2 Å². The van der Waals surface area contributed by atoms with Crippen molar-refractivity contribution in [2.45, 2.75) is 102 Å². The van der Waals surface area contributed by atoms with Gasteiger partial charge in [-0.2, -0.15) is 23.1 Å². The average Bonchev–Trinajstić information content (AvgIpc) is 2.15. The van der Waals surface area contributed by atoms with E-state index in [0.717, 1.165) is 96.8 Å². The molecule has 7 heterocycles. The number of likely N-dealkylation sites (tertiary alicyclic amines) is 1. The summed E-state index contributed by atoms with van der Waals surface area (Å²) in [6, 6.07) is 14.2. The fourth-order valence-electron chi connectivity index (χ4n) is 12.8. The fourth-order valence-corrected chi connectivity index (χ4v) is 12.8. The predicted octanol–water partition coefficient (Wildman–Crippen LogP) is 8.66. The Hall–Kier alpha value is -7.91. The number of terminal acetylenes is 1. The van der Waals surface area contributed by atoms with Crippen molar-refractivity contribution < 1.29 is 51.5 Å². The van der Waals surface area contributed by atoms with E-state index in [1.54, 1.807) is 12.1 Å². The van der Waals surface area contributed by atoms with E-state index >= 15 is 8.78 Å². The van der Waals surface area contributed by atoms with Crippen molar-refractivity contribution in [2.75, 3.05) is 77.5 Å². The van der Waals surface area contributed by atoms with Gasteiger partial charge in [0.1, 0.15) is 51.5 Å². The van der Waals surface area contributed by atoms with Gasteiger partial charge in [-0.05, 0) is 117 Å². The van der Waals surface area contributed by atoms with Crippen molar-refractivity contribution >= 4 is 33.4 Å². The number of aromatic hydroxyl groups is 3. The minimum Gasteiger partial charge on any atom is -0.508 e. The van der Waals surface area contributed by atoms with Crippen molar-refractivity contribution in [1.82, 2.24) is 55.0 Å². The van der Waals surface area contributed by atoms with Crippen LogP contribution in [0.5, 0.6) is 29.1 Å². The first-order valence-corrected chi connectivity index (χ1v) is 29.0. The van der Waals surface area contributed by atoms with Gasteiger partial charge in [0.15, 0.2) is 11.6 Å². The lowest BCUT2D eigenvalue weighted by atomic mass is 9.95. The average molecular weight is 1170 g/mol. The Kier molecular flexibility index (Phi) is 15.4. The Morgan fingerprint density at radius 2 is 1.56 bits per heavy atom. The molecule has 1 saturated carbocycles. The molecule has 7 aromatic rings. The van der Waals surface area contributed by atoms with E-state index in [1.807, 2.05) is 31.3 Å². The second-order valence-corrected chi connectivity index (χ2v) is 23.8. The number of carbonyl (C=O) groups is 1. The molecule has 2 bridgehead atoms. The van der Waals surface area contributed by atoms with Gasteiger partial charge in [-0.1, -0.05) is 38.0 Å². The zero-order chi connectivity index (χ0) is 59.6. The molecule has 5 aliphatic rings. The number of fused-ring (bicyclic) bond motifs is 4. The van der Waals surface area contributed by atoms with E-state index in [1.165, 1.54) is 48.1 Å². The second kappa shape index (κ2) is 22.8. The number of anilines is 1. The molecule has 12 rings (SSSR count). The van der Waals surface area contributed by atoms with Crippen molar-refractivity contribution in [2.24, 2.45) is 5.41 Å². The molecule has 4 saturated heterocycles. The molecule has 3 atom stereocenters. The smallest absolute Gasteiger partial charge is 0.408 e. The van der Waals surface area contributed by atoms with Crippen LogP contribution in [0.25, 0.3) is 50.0 Å². The van der Waals surface area contributed by atoms with E-state index < -0.39 is 35.6 Å². The SMILES string of the molecule is C#Cc1c(F)ccc2cc(O)cc(-c3nc(OC)c4c(N5CC6CCC(C5)N6)nc(OCC5(CN6CCN(C7CCN(Cc8ccc(-n9c(C(=O)NC(C)C(F)(F)F)nnc9-c9cc(C(C)C)c(O)cc9O)cc8)CC7)CC6)CC5)nc4c3F)c12. The van der Waals surface area contributed by atoms with Gasteiger partial charge in [-0.15, -0.1) is 16.6 Å². The number of pyridine rings is 1. The first-order valence-electron chi connectivity index (χ1n) is 29.0. The zero-order valence-electron chi connectivity index (χ0n) is 47.7. The number of rotatable bonds is 16. The number of nitrogens with one attached hydrogen (secondary N) is 2.